The lowest BCUT2D eigenvalue weighted by atomic mass is 10.0. The number of aliphatic hydroxyl groups excluding tert-OH is 3. The Morgan fingerprint density at radius 3 is 2.00 bits per heavy atom. The van der Waals surface area contributed by atoms with Crippen LogP contribution in [0.2, 0.25) is 0 Å². The number of nitrogens with zero attached hydrogens (tertiary/aromatic N) is 2. The molecule has 0 aromatic carbocycles. The zero-order valence-corrected chi connectivity index (χ0v) is 45.2. The number of hydrogen-bond donors (Lipinski definition) is 6. The third-order valence-electron chi connectivity index (χ3n) is 11.6. The Bertz CT molecular complexity index is 1990. The summed E-state index contributed by atoms with van der Waals surface area (Å²) in [6, 6.07) is 1.24. The van der Waals surface area contributed by atoms with Crippen LogP contribution < -0.4 is 11.4 Å². The molecule has 0 bridgehead atoms. The number of unbranched alkanes of at least 4 members (excludes halogenated alkanes) is 14. The van der Waals surface area contributed by atoms with Crippen molar-refractivity contribution in [3.8, 4) is 0 Å². The SMILES string of the molecule is CC/C=C\C/C=C\CC(O)/C=C/C=C\C/C=C\CCCC(=O)O[C@H](COC(=O)CCCCCCCCCCCCCCCCC(C)C)COP(=O)(O)OP(=O)(O)OC[C@H]1O[C@@H](n2ccc(N)nc2=O)[C@H](O)[C@@H]1O. The lowest BCUT2D eigenvalue weighted by molar-refractivity contribution is -0.161. The van der Waals surface area contributed by atoms with Crippen LogP contribution in [0.3, 0.4) is 0 Å². The molecule has 1 aromatic rings. The minimum absolute atomic E-state index is 0.0612. The molecule has 1 saturated heterocycles. The predicted molar refractivity (Wildman–Crippen MR) is 281 cm³/mol. The van der Waals surface area contributed by atoms with Gasteiger partial charge in [0.15, 0.2) is 12.3 Å². The minimum Gasteiger partial charge on any atom is -0.462 e. The highest BCUT2D eigenvalue weighted by Crippen LogP contribution is 2.60. The van der Waals surface area contributed by atoms with Crippen LogP contribution >= 0.6 is 15.6 Å². The van der Waals surface area contributed by atoms with Gasteiger partial charge in [-0.2, -0.15) is 9.29 Å². The van der Waals surface area contributed by atoms with Crippen LogP contribution in [0.1, 0.15) is 175 Å². The molecule has 1 fully saturated rings. The first-order valence-electron chi connectivity index (χ1n) is 26.3. The molecule has 8 atom stereocenters. The van der Waals surface area contributed by atoms with Crippen LogP contribution in [0.15, 0.2) is 77.8 Å². The van der Waals surface area contributed by atoms with Gasteiger partial charge in [0.1, 0.15) is 30.7 Å². The van der Waals surface area contributed by atoms with Crippen molar-refractivity contribution in [3.05, 3.63) is 83.5 Å². The highest BCUT2D eigenvalue weighted by molar-refractivity contribution is 7.61. The van der Waals surface area contributed by atoms with E-state index in [1.165, 1.54) is 70.3 Å². The molecule has 416 valence electrons. The van der Waals surface area contributed by atoms with Gasteiger partial charge >= 0.3 is 33.3 Å². The quantitative estimate of drug-likeness (QED) is 0.0117. The lowest BCUT2D eigenvalue weighted by Crippen LogP contribution is -2.36. The first-order chi connectivity index (χ1) is 34.9. The Morgan fingerprint density at radius 1 is 0.767 bits per heavy atom. The van der Waals surface area contributed by atoms with Crippen LogP contribution in [0.5, 0.6) is 0 Å². The first-order valence-corrected chi connectivity index (χ1v) is 29.3. The summed E-state index contributed by atoms with van der Waals surface area (Å²) in [4.78, 5) is 62.0. The van der Waals surface area contributed by atoms with Gasteiger partial charge in [-0.3, -0.25) is 23.2 Å². The van der Waals surface area contributed by atoms with Crippen LogP contribution in [0.25, 0.3) is 0 Å². The van der Waals surface area contributed by atoms with Crippen molar-refractivity contribution >= 4 is 33.4 Å². The monoisotopic (exact) mass is 1070 g/mol. The van der Waals surface area contributed by atoms with E-state index < -0.39 is 89.8 Å². The van der Waals surface area contributed by atoms with Gasteiger partial charge in [0.25, 0.3) is 0 Å². The first kappa shape index (κ1) is 65.5. The Hall–Kier alpha value is -3.58. The Kier molecular flexibility index (Phi) is 34.9. The predicted octanol–water partition coefficient (Wildman–Crippen LogP) is 9.94. The van der Waals surface area contributed by atoms with Crippen molar-refractivity contribution in [1.82, 2.24) is 9.55 Å². The van der Waals surface area contributed by atoms with Crippen molar-refractivity contribution in [2.75, 3.05) is 25.6 Å². The lowest BCUT2D eigenvalue weighted by Gasteiger charge is -2.21. The van der Waals surface area contributed by atoms with Gasteiger partial charge in [0.05, 0.1) is 19.3 Å². The van der Waals surface area contributed by atoms with E-state index in [0.717, 1.165) is 55.2 Å². The summed E-state index contributed by atoms with van der Waals surface area (Å²) in [5.74, 6) is -0.619. The fourth-order valence-electron chi connectivity index (χ4n) is 7.56. The Labute approximate surface area is 433 Å². The number of phosphoric ester groups is 2. The third-order valence-corrected chi connectivity index (χ3v) is 14.2. The average Bonchev–Trinajstić information content (AvgIpc) is 3.61. The van der Waals surface area contributed by atoms with Crippen molar-refractivity contribution in [2.24, 2.45) is 5.92 Å². The molecule has 7 N–H and O–H groups in total. The topological polar surface area (TPSA) is 286 Å². The number of carbonyl (C=O) groups is 2. The molecule has 1 aliphatic rings. The normalized spacial score (nSPS) is 20.0. The van der Waals surface area contributed by atoms with Gasteiger partial charge in [0, 0.05) is 19.0 Å². The molecule has 0 radical (unpaired) electrons. The molecule has 1 aromatic heterocycles. The van der Waals surface area contributed by atoms with Crippen LogP contribution in [0.4, 0.5) is 5.82 Å². The highest BCUT2D eigenvalue weighted by Gasteiger charge is 2.46. The number of esters is 2. The van der Waals surface area contributed by atoms with E-state index in [2.05, 4.69) is 42.2 Å². The second kappa shape index (κ2) is 38.9. The van der Waals surface area contributed by atoms with Gasteiger partial charge in [-0.1, -0.05) is 171 Å². The maximum atomic E-state index is 12.9. The van der Waals surface area contributed by atoms with Gasteiger partial charge < -0.3 is 45.1 Å². The zero-order valence-electron chi connectivity index (χ0n) is 43.4. The number of hydrogen-bond acceptors (Lipinski definition) is 16. The summed E-state index contributed by atoms with van der Waals surface area (Å²) in [7, 11) is -10.9. The summed E-state index contributed by atoms with van der Waals surface area (Å²) in [6.07, 6.45) is 33.4. The molecule has 0 saturated carbocycles. The summed E-state index contributed by atoms with van der Waals surface area (Å²) in [5.41, 5.74) is 4.58. The standard InChI is InChI=1S/C52H87N3O16P2/c1-4-5-6-7-23-28-33-43(56)34-29-24-19-16-17-21-26-31-36-48(58)69-44(39-66-47(57)35-30-25-20-15-13-11-9-8-10-12-14-18-22-27-32-42(2)3)40-67-72(62,63)71-73(64,65)68-41-45-49(59)50(60)51(70-45)55-38-37-46(53)54-52(55)61/h5-6,17,19,21,23-24,28-29,34,37-38,42-45,49-51,56,59-60H,4,7-16,18,20,22,25-27,30-33,35-36,39-41H2,1-3H3,(H,62,63)(H,64,65)(H2,53,54,61)/b6-5-,21-17-,24-19-,28-23-,34-29+/t43?,44-,45-,49-,50-,51-/m1/s1. The summed E-state index contributed by atoms with van der Waals surface area (Å²) in [6.45, 7) is 4.23. The molecule has 1 aliphatic heterocycles. The van der Waals surface area contributed by atoms with Crippen molar-refractivity contribution < 1.29 is 71.4 Å². The maximum Gasteiger partial charge on any atom is 0.481 e. The fourth-order valence-corrected chi connectivity index (χ4v) is 9.67. The van der Waals surface area contributed by atoms with E-state index >= 15 is 0 Å². The number of rotatable bonds is 42. The van der Waals surface area contributed by atoms with Crippen LogP contribution in [-0.4, -0.2) is 96.9 Å². The second-order valence-corrected chi connectivity index (χ2v) is 21.7. The van der Waals surface area contributed by atoms with E-state index in [9.17, 15) is 48.6 Å². The molecular formula is C52H87N3O16P2. The molecule has 0 spiro atoms. The van der Waals surface area contributed by atoms with Crippen molar-refractivity contribution in [3.63, 3.8) is 0 Å². The third kappa shape index (κ3) is 32.5. The summed E-state index contributed by atoms with van der Waals surface area (Å²) >= 11 is 0. The second-order valence-electron chi connectivity index (χ2n) is 18.7. The fraction of sp³-hybridized carbons (Fsp3) is 0.692. The van der Waals surface area contributed by atoms with Gasteiger partial charge in [-0.25, -0.2) is 13.9 Å². The van der Waals surface area contributed by atoms with E-state index in [0.29, 0.717) is 32.1 Å². The number of nitrogens with two attached hydrogens (primary N) is 1. The van der Waals surface area contributed by atoms with E-state index in [4.69, 9.17) is 29.0 Å². The number of aromatic nitrogens is 2. The van der Waals surface area contributed by atoms with Crippen LogP contribution in [-0.2, 0) is 46.3 Å². The molecule has 21 heteroatoms. The van der Waals surface area contributed by atoms with E-state index in [1.54, 1.807) is 12.2 Å². The maximum absolute atomic E-state index is 12.9. The number of carbonyl (C=O) groups excluding carboxylic acids is 2. The van der Waals surface area contributed by atoms with Crippen molar-refractivity contribution in [1.29, 1.82) is 0 Å². The average molecular weight is 1070 g/mol. The summed E-state index contributed by atoms with van der Waals surface area (Å²) in [5, 5.41) is 31.0. The molecule has 0 amide bonds. The van der Waals surface area contributed by atoms with E-state index in [-0.39, 0.29) is 18.7 Å². The number of aliphatic hydroxyl groups is 3. The van der Waals surface area contributed by atoms with Gasteiger partial charge in [-0.15, -0.1) is 0 Å². The molecule has 19 nitrogen and oxygen atoms in total. The van der Waals surface area contributed by atoms with Gasteiger partial charge in [0.2, 0.25) is 0 Å². The Morgan fingerprint density at radius 2 is 1.36 bits per heavy atom. The summed E-state index contributed by atoms with van der Waals surface area (Å²) < 4.78 is 56.7. The van der Waals surface area contributed by atoms with Gasteiger partial charge in [-0.05, 0) is 56.9 Å². The highest BCUT2D eigenvalue weighted by atomic mass is 31.3. The number of ether oxygens (including phenoxy) is 3. The number of anilines is 1. The molecule has 2 heterocycles. The van der Waals surface area contributed by atoms with E-state index in [1.807, 2.05) is 36.5 Å². The molecule has 2 rings (SSSR count). The molecule has 0 aliphatic carbocycles. The molecule has 3 unspecified atom stereocenters. The minimum atomic E-state index is -5.45. The zero-order chi connectivity index (χ0) is 53.7. The van der Waals surface area contributed by atoms with Crippen molar-refractivity contribution in [2.45, 2.75) is 205 Å². The smallest absolute Gasteiger partial charge is 0.462 e. The largest absolute Gasteiger partial charge is 0.481 e. The molecule has 73 heavy (non-hydrogen) atoms. The number of phosphoric acid groups is 2. The molecular weight excluding hydrogens is 985 g/mol. The Balaban J connectivity index is 1.83. The number of nitrogen functional groups attached to an aromatic ring is 1. The number of allylic oxidation sites excluding steroid dienone is 8. The van der Waals surface area contributed by atoms with Crippen LogP contribution in [0, 0.1) is 5.92 Å².